The number of alkyl carbamates (subject to hydrolysis) is 1. The van der Waals surface area contributed by atoms with Crippen LogP contribution in [0.25, 0.3) is 10.9 Å². The van der Waals surface area contributed by atoms with Crippen LogP contribution in [0.15, 0.2) is 48.1 Å². The fraction of sp³-hybridized carbons (Fsp3) is 0.333. The largest absolute Gasteiger partial charge is 0.444 e. The van der Waals surface area contributed by atoms with Crippen molar-refractivity contribution in [2.45, 2.75) is 38.8 Å². The molecular formula is C21H26N6O3. The van der Waals surface area contributed by atoms with Crippen molar-refractivity contribution in [3.05, 3.63) is 54.2 Å². The molecule has 3 aromatic rings. The molecule has 2 amide bonds. The molecule has 0 aliphatic carbocycles. The zero-order valence-electron chi connectivity index (χ0n) is 17.5. The van der Waals surface area contributed by atoms with Crippen molar-refractivity contribution < 1.29 is 14.3 Å². The number of rotatable bonds is 6. The van der Waals surface area contributed by atoms with Gasteiger partial charge in [-0.3, -0.25) is 4.79 Å². The Labute approximate surface area is 174 Å². The van der Waals surface area contributed by atoms with Crippen LogP contribution in [-0.4, -0.2) is 44.4 Å². The SMILES string of the molecule is Cn1cc(C=NNC(=O)C(Cc2cnc[nH]2)NC(=O)OC(C)(C)C)c2ccccc21. The molecule has 0 aliphatic rings. The smallest absolute Gasteiger partial charge is 0.408 e. The Hall–Kier alpha value is -3.62. The van der Waals surface area contributed by atoms with Gasteiger partial charge in [0, 0.05) is 48.0 Å². The second-order valence-electron chi connectivity index (χ2n) is 7.93. The molecule has 0 spiro atoms. The maximum atomic E-state index is 12.7. The van der Waals surface area contributed by atoms with E-state index in [9.17, 15) is 9.59 Å². The zero-order chi connectivity index (χ0) is 21.7. The number of hydrogen-bond donors (Lipinski definition) is 3. The fourth-order valence-corrected chi connectivity index (χ4v) is 2.99. The molecule has 1 aromatic carbocycles. The van der Waals surface area contributed by atoms with Gasteiger partial charge >= 0.3 is 6.09 Å². The van der Waals surface area contributed by atoms with Gasteiger partial charge in [0.1, 0.15) is 11.6 Å². The number of H-pyrrole nitrogens is 1. The average molecular weight is 410 g/mol. The predicted molar refractivity (Wildman–Crippen MR) is 114 cm³/mol. The van der Waals surface area contributed by atoms with Gasteiger partial charge in [-0.2, -0.15) is 5.10 Å². The van der Waals surface area contributed by atoms with Crippen LogP contribution in [0, 0.1) is 0 Å². The van der Waals surface area contributed by atoms with Crippen LogP contribution >= 0.6 is 0 Å². The number of benzene rings is 1. The highest BCUT2D eigenvalue weighted by atomic mass is 16.6. The van der Waals surface area contributed by atoms with E-state index in [1.807, 2.05) is 42.1 Å². The van der Waals surface area contributed by atoms with Crippen molar-refractivity contribution in [1.29, 1.82) is 0 Å². The van der Waals surface area contributed by atoms with E-state index in [4.69, 9.17) is 4.74 Å². The molecule has 3 rings (SSSR count). The van der Waals surface area contributed by atoms with Crippen molar-refractivity contribution in [3.63, 3.8) is 0 Å². The first-order chi connectivity index (χ1) is 14.2. The number of aryl methyl sites for hydroxylation is 1. The van der Waals surface area contributed by atoms with E-state index >= 15 is 0 Å². The highest BCUT2D eigenvalue weighted by molar-refractivity contribution is 5.99. The number of aromatic nitrogens is 3. The first-order valence-corrected chi connectivity index (χ1v) is 9.56. The van der Waals surface area contributed by atoms with Crippen molar-refractivity contribution in [2.75, 3.05) is 0 Å². The summed E-state index contributed by atoms with van der Waals surface area (Å²) in [6.07, 6.45) is 6.16. The summed E-state index contributed by atoms with van der Waals surface area (Å²) in [5.41, 5.74) is 4.46. The number of aromatic amines is 1. The average Bonchev–Trinajstić information content (AvgIpc) is 3.28. The molecule has 158 valence electrons. The normalized spacial score (nSPS) is 12.8. The molecule has 0 fully saturated rings. The minimum Gasteiger partial charge on any atom is -0.444 e. The zero-order valence-corrected chi connectivity index (χ0v) is 17.5. The summed E-state index contributed by atoms with van der Waals surface area (Å²) in [6, 6.07) is 7.03. The lowest BCUT2D eigenvalue weighted by Crippen LogP contribution is -2.48. The number of nitrogens with one attached hydrogen (secondary N) is 3. The van der Waals surface area contributed by atoms with Crippen LogP contribution in [0.2, 0.25) is 0 Å². The Morgan fingerprint density at radius 2 is 2.10 bits per heavy atom. The molecule has 0 saturated carbocycles. The van der Waals surface area contributed by atoms with E-state index in [0.717, 1.165) is 16.5 Å². The minimum absolute atomic E-state index is 0.217. The quantitative estimate of drug-likeness (QED) is 0.428. The minimum atomic E-state index is -0.884. The molecule has 0 saturated heterocycles. The van der Waals surface area contributed by atoms with E-state index in [2.05, 4.69) is 25.8 Å². The Bertz CT molecular complexity index is 1050. The maximum Gasteiger partial charge on any atom is 0.408 e. The van der Waals surface area contributed by atoms with Crippen molar-refractivity contribution in [3.8, 4) is 0 Å². The Morgan fingerprint density at radius 3 is 2.80 bits per heavy atom. The van der Waals surface area contributed by atoms with E-state index in [1.165, 1.54) is 6.33 Å². The molecule has 0 aliphatic heterocycles. The summed E-state index contributed by atoms with van der Waals surface area (Å²) < 4.78 is 7.25. The van der Waals surface area contributed by atoms with Crippen LogP contribution in [0.3, 0.4) is 0 Å². The number of carbonyl (C=O) groups is 2. The predicted octanol–water partition coefficient (Wildman–Crippen LogP) is 2.49. The second kappa shape index (κ2) is 8.81. The standard InChI is InChI=1S/C21H26N6O3/c1-21(2,3)30-20(29)25-17(9-15-11-22-13-23-15)19(28)26-24-10-14-12-27(4)18-8-6-5-7-16(14)18/h5-8,10-13,17H,9H2,1-4H3,(H,22,23)(H,25,29)(H,26,28). The summed E-state index contributed by atoms with van der Waals surface area (Å²) in [5, 5.41) is 7.70. The number of hydrogen-bond acceptors (Lipinski definition) is 5. The van der Waals surface area contributed by atoms with E-state index in [1.54, 1.807) is 33.2 Å². The van der Waals surface area contributed by atoms with Gasteiger partial charge in [-0.1, -0.05) is 18.2 Å². The van der Waals surface area contributed by atoms with Crippen molar-refractivity contribution in [2.24, 2.45) is 12.1 Å². The van der Waals surface area contributed by atoms with Crippen LogP contribution in [0.1, 0.15) is 32.0 Å². The van der Waals surface area contributed by atoms with Gasteiger partial charge in [-0.15, -0.1) is 0 Å². The number of nitrogens with zero attached hydrogens (tertiary/aromatic N) is 3. The number of carbonyl (C=O) groups excluding carboxylic acids is 2. The molecule has 2 heterocycles. The molecule has 3 N–H and O–H groups in total. The number of ether oxygens (including phenoxy) is 1. The number of amides is 2. The van der Waals surface area contributed by atoms with Gasteiger partial charge in [-0.25, -0.2) is 15.2 Å². The fourth-order valence-electron chi connectivity index (χ4n) is 2.99. The van der Waals surface area contributed by atoms with Crippen LogP contribution in [0.4, 0.5) is 4.79 Å². The molecule has 1 unspecified atom stereocenters. The van der Waals surface area contributed by atoms with E-state index in [-0.39, 0.29) is 6.42 Å². The topological polar surface area (TPSA) is 113 Å². The van der Waals surface area contributed by atoms with Gasteiger partial charge in [0.25, 0.3) is 5.91 Å². The number of hydrazone groups is 1. The van der Waals surface area contributed by atoms with Crippen molar-refractivity contribution in [1.82, 2.24) is 25.3 Å². The van der Waals surface area contributed by atoms with Gasteiger partial charge in [0.2, 0.25) is 0 Å². The van der Waals surface area contributed by atoms with Crippen LogP contribution < -0.4 is 10.7 Å². The first-order valence-electron chi connectivity index (χ1n) is 9.56. The lowest BCUT2D eigenvalue weighted by Gasteiger charge is -2.22. The summed E-state index contributed by atoms with van der Waals surface area (Å²) in [5.74, 6) is -0.466. The number of para-hydroxylation sites is 1. The third-order valence-electron chi connectivity index (χ3n) is 4.29. The molecule has 30 heavy (non-hydrogen) atoms. The molecule has 2 aromatic heterocycles. The molecule has 9 nitrogen and oxygen atoms in total. The highest BCUT2D eigenvalue weighted by Crippen LogP contribution is 2.18. The Balaban J connectivity index is 1.70. The second-order valence-corrected chi connectivity index (χ2v) is 7.93. The lowest BCUT2D eigenvalue weighted by atomic mass is 10.1. The van der Waals surface area contributed by atoms with Gasteiger partial charge < -0.3 is 19.6 Å². The molecule has 0 bridgehead atoms. The van der Waals surface area contributed by atoms with Gasteiger partial charge in [-0.05, 0) is 26.8 Å². The summed E-state index contributed by atoms with van der Waals surface area (Å²) >= 11 is 0. The number of imidazole rings is 1. The lowest BCUT2D eigenvalue weighted by molar-refractivity contribution is -0.123. The molecule has 9 heteroatoms. The summed E-state index contributed by atoms with van der Waals surface area (Å²) in [6.45, 7) is 5.26. The first kappa shape index (κ1) is 21.1. The third-order valence-corrected chi connectivity index (χ3v) is 4.29. The Morgan fingerprint density at radius 1 is 1.33 bits per heavy atom. The van der Waals surface area contributed by atoms with E-state index < -0.39 is 23.6 Å². The summed E-state index contributed by atoms with van der Waals surface area (Å²) in [4.78, 5) is 31.7. The summed E-state index contributed by atoms with van der Waals surface area (Å²) in [7, 11) is 1.95. The maximum absolute atomic E-state index is 12.7. The van der Waals surface area contributed by atoms with E-state index in [0.29, 0.717) is 5.69 Å². The molecule has 0 radical (unpaired) electrons. The van der Waals surface area contributed by atoms with Crippen LogP contribution in [-0.2, 0) is 23.0 Å². The highest BCUT2D eigenvalue weighted by Gasteiger charge is 2.25. The van der Waals surface area contributed by atoms with Gasteiger partial charge in [0.05, 0.1) is 12.5 Å². The molecular weight excluding hydrogens is 384 g/mol. The number of fused-ring (bicyclic) bond motifs is 1. The van der Waals surface area contributed by atoms with Crippen molar-refractivity contribution >= 4 is 29.1 Å². The van der Waals surface area contributed by atoms with Crippen LogP contribution in [0.5, 0.6) is 0 Å². The molecule has 1 atom stereocenters. The Kier molecular flexibility index (Phi) is 6.20. The van der Waals surface area contributed by atoms with Gasteiger partial charge in [0.15, 0.2) is 0 Å². The monoisotopic (exact) mass is 410 g/mol. The third kappa shape index (κ3) is 5.47.